The predicted molar refractivity (Wildman–Crippen MR) is 88.7 cm³/mol. The maximum atomic E-state index is 14.2. The molecule has 2 aromatic heterocycles. The minimum absolute atomic E-state index is 0.0585. The van der Waals surface area contributed by atoms with Crippen LogP contribution in [0.5, 0.6) is 0 Å². The van der Waals surface area contributed by atoms with E-state index in [2.05, 4.69) is 10.1 Å². The van der Waals surface area contributed by atoms with Crippen molar-refractivity contribution in [2.45, 2.75) is 13.5 Å². The van der Waals surface area contributed by atoms with Gasteiger partial charge in [-0.05, 0) is 30.7 Å². The molecule has 6 nitrogen and oxygen atoms in total. The highest BCUT2D eigenvalue weighted by Crippen LogP contribution is 2.22. The van der Waals surface area contributed by atoms with Crippen LogP contribution in [0.3, 0.4) is 0 Å². The third kappa shape index (κ3) is 3.30. The van der Waals surface area contributed by atoms with Crippen LogP contribution in [-0.4, -0.2) is 27.3 Å². The van der Waals surface area contributed by atoms with Gasteiger partial charge in [0, 0.05) is 11.6 Å². The van der Waals surface area contributed by atoms with Gasteiger partial charge in [0.2, 0.25) is 0 Å². The molecule has 25 heavy (non-hydrogen) atoms. The molecule has 0 atom stereocenters. The van der Waals surface area contributed by atoms with Gasteiger partial charge in [-0.15, -0.1) is 0 Å². The lowest BCUT2D eigenvalue weighted by Gasteiger charge is -2.07. The van der Waals surface area contributed by atoms with Gasteiger partial charge < -0.3 is 4.74 Å². The van der Waals surface area contributed by atoms with Crippen LogP contribution in [-0.2, 0) is 11.3 Å². The number of nitrogens with zero attached hydrogens (tertiary/aromatic N) is 4. The maximum absolute atomic E-state index is 14.2. The zero-order valence-electron chi connectivity index (χ0n) is 13.2. The summed E-state index contributed by atoms with van der Waals surface area (Å²) in [4.78, 5) is 15.8. The number of hydrogen-bond acceptors (Lipinski definition) is 5. The molecular formula is C17H12ClFN4O2. The fourth-order valence-electron chi connectivity index (χ4n) is 2.48. The van der Waals surface area contributed by atoms with Crippen LogP contribution in [0.25, 0.3) is 10.9 Å². The molecule has 126 valence electrons. The number of aromatic nitrogens is 3. The summed E-state index contributed by atoms with van der Waals surface area (Å²) in [6.45, 7) is 1.98. The van der Waals surface area contributed by atoms with Crippen LogP contribution in [0.4, 0.5) is 4.39 Å². The van der Waals surface area contributed by atoms with E-state index in [1.54, 1.807) is 19.1 Å². The number of nitriles is 1. The Morgan fingerprint density at radius 3 is 2.92 bits per heavy atom. The molecule has 0 saturated carbocycles. The largest absolute Gasteiger partial charge is 0.462 e. The third-order valence-electron chi connectivity index (χ3n) is 3.54. The summed E-state index contributed by atoms with van der Waals surface area (Å²) in [5, 5.41) is 14.3. The first-order valence-electron chi connectivity index (χ1n) is 7.40. The molecule has 0 radical (unpaired) electrons. The number of ether oxygens (including phenoxy) is 1. The van der Waals surface area contributed by atoms with Crippen molar-refractivity contribution < 1.29 is 13.9 Å². The number of hydrogen-bond donors (Lipinski definition) is 0. The second kappa shape index (κ2) is 6.87. The minimum atomic E-state index is -0.619. The second-order valence-corrected chi connectivity index (χ2v) is 5.64. The summed E-state index contributed by atoms with van der Waals surface area (Å²) in [5.41, 5.74) is 0.906. The third-order valence-corrected chi connectivity index (χ3v) is 3.74. The monoisotopic (exact) mass is 358 g/mol. The average Bonchev–Trinajstić information content (AvgIpc) is 2.97. The lowest BCUT2D eigenvalue weighted by atomic mass is 10.1. The smallest absolute Gasteiger partial charge is 0.342 e. The number of carbonyl (C=O) groups is 1. The van der Waals surface area contributed by atoms with Crippen molar-refractivity contribution in [3.8, 4) is 6.07 Å². The van der Waals surface area contributed by atoms with E-state index in [-0.39, 0.29) is 29.9 Å². The Balaban J connectivity index is 1.99. The van der Waals surface area contributed by atoms with E-state index in [0.29, 0.717) is 16.0 Å². The molecule has 0 fully saturated rings. The molecule has 0 aliphatic heterocycles. The number of carbonyl (C=O) groups excluding carboxylic acids is 1. The van der Waals surface area contributed by atoms with Crippen LogP contribution in [0.2, 0.25) is 5.02 Å². The standard InChI is InChI=1S/C17H12ClFN4O2/c1-2-25-17(24)13-8-22-23(15(13)6-20)9-10-3-11-5-12(18)7-21-16(11)14(19)4-10/h3-5,7-8H,2,9H2,1H3. The van der Waals surface area contributed by atoms with E-state index in [4.69, 9.17) is 16.3 Å². The predicted octanol–water partition coefficient (Wildman–Crippen LogP) is 3.32. The summed E-state index contributed by atoms with van der Waals surface area (Å²) in [7, 11) is 0. The van der Waals surface area contributed by atoms with Crippen LogP contribution in [0.1, 0.15) is 28.5 Å². The van der Waals surface area contributed by atoms with Gasteiger partial charge in [0.05, 0.1) is 24.4 Å². The van der Waals surface area contributed by atoms with Crippen LogP contribution in [0, 0.1) is 17.1 Å². The van der Waals surface area contributed by atoms with Gasteiger partial charge in [-0.25, -0.2) is 13.9 Å². The van der Waals surface area contributed by atoms with E-state index in [9.17, 15) is 14.4 Å². The molecule has 8 heteroatoms. The minimum Gasteiger partial charge on any atom is -0.462 e. The van der Waals surface area contributed by atoms with Crippen LogP contribution in [0.15, 0.2) is 30.6 Å². The van der Waals surface area contributed by atoms with Crippen molar-refractivity contribution in [1.82, 2.24) is 14.8 Å². The van der Waals surface area contributed by atoms with Crippen LogP contribution < -0.4 is 0 Å². The van der Waals surface area contributed by atoms with Crippen molar-refractivity contribution in [2.24, 2.45) is 0 Å². The molecule has 0 saturated heterocycles. The Morgan fingerprint density at radius 2 is 2.20 bits per heavy atom. The molecule has 3 aromatic rings. The zero-order chi connectivity index (χ0) is 18.0. The highest BCUT2D eigenvalue weighted by molar-refractivity contribution is 6.31. The average molecular weight is 359 g/mol. The molecule has 0 bridgehead atoms. The van der Waals surface area contributed by atoms with Crippen molar-refractivity contribution in [3.63, 3.8) is 0 Å². The highest BCUT2D eigenvalue weighted by Gasteiger charge is 2.19. The Kier molecular flexibility index (Phi) is 4.63. The lowest BCUT2D eigenvalue weighted by Crippen LogP contribution is -2.09. The van der Waals surface area contributed by atoms with Crippen molar-refractivity contribution in [1.29, 1.82) is 5.26 Å². The highest BCUT2D eigenvalue weighted by atomic mass is 35.5. The van der Waals surface area contributed by atoms with Gasteiger partial charge in [-0.2, -0.15) is 10.4 Å². The van der Waals surface area contributed by atoms with Gasteiger partial charge >= 0.3 is 5.97 Å². The molecule has 0 spiro atoms. The molecule has 0 aliphatic carbocycles. The van der Waals surface area contributed by atoms with Crippen molar-refractivity contribution >= 4 is 28.5 Å². The van der Waals surface area contributed by atoms with Crippen molar-refractivity contribution in [2.75, 3.05) is 6.61 Å². The molecule has 3 rings (SSSR count). The fourth-order valence-corrected chi connectivity index (χ4v) is 2.65. The molecule has 1 aromatic carbocycles. The van der Waals surface area contributed by atoms with E-state index in [1.165, 1.54) is 23.1 Å². The summed E-state index contributed by atoms with van der Waals surface area (Å²) in [5.74, 6) is -1.12. The van der Waals surface area contributed by atoms with Gasteiger partial charge in [-0.1, -0.05) is 11.6 Å². The molecule has 0 unspecified atom stereocenters. The second-order valence-electron chi connectivity index (χ2n) is 5.20. The Bertz CT molecular complexity index is 1010. The van der Waals surface area contributed by atoms with E-state index < -0.39 is 11.8 Å². The van der Waals surface area contributed by atoms with Crippen LogP contribution >= 0.6 is 11.6 Å². The van der Waals surface area contributed by atoms with E-state index in [1.807, 2.05) is 6.07 Å². The number of rotatable bonds is 4. The molecule has 2 heterocycles. The molecule has 0 aliphatic rings. The fraction of sp³-hybridized carbons (Fsp3) is 0.176. The summed E-state index contributed by atoms with van der Waals surface area (Å²) >= 11 is 5.90. The topological polar surface area (TPSA) is 80.8 Å². The van der Waals surface area contributed by atoms with Gasteiger partial charge in [-0.3, -0.25) is 4.98 Å². The van der Waals surface area contributed by atoms with Gasteiger partial charge in [0.25, 0.3) is 0 Å². The first kappa shape index (κ1) is 16.9. The van der Waals surface area contributed by atoms with Gasteiger partial charge in [0.1, 0.15) is 23.0 Å². The normalized spacial score (nSPS) is 10.6. The lowest BCUT2D eigenvalue weighted by molar-refractivity contribution is 0.0526. The first-order chi connectivity index (χ1) is 12.0. The Morgan fingerprint density at radius 1 is 1.40 bits per heavy atom. The quantitative estimate of drug-likeness (QED) is 0.668. The van der Waals surface area contributed by atoms with Crippen molar-refractivity contribution in [3.05, 3.63) is 58.3 Å². The van der Waals surface area contributed by atoms with E-state index in [0.717, 1.165) is 0 Å². The Hall–Kier alpha value is -2.98. The number of benzene rings is 1. The summed E-state index contributed by atoms with van der Waals surface area (Å²) in [6.07, 6.45) is 2.64. The Labute approximate surface area is 147 Å². The first-order valence-corrected chi connectivity index (χ1v) is 7.78. The number of pyridine rings is 1. The summed E-state index contributed by atoms with van der Waals surface area (Å²) < 4.78 is 20.4. The zero-order valence-corrected chi connectivity index (χ0v) is 13.9. The van der Waals surface area contributed by atoms with E-state index >= 15 is 0 Å². The molecule has 0 N–H and O–H groups in total. The number of fused-ring (bicyclic) bond motifs is 1. The molecular weight excluding hydrogens is 347 g/mol. The SMILES string of the molecule is CCOC(=O)c1cnn(Cc2cc(F)c3ncc(Cl)cc3c2)c1C#N. The number of halogens is 2. The van der Waals surface area contributed by atoms with Gasteiger partial charge in [0.15, 0.2) is 5.69 Å². The molecule has 0 amide bonds. The number of esters is 1. The summed E-state index contributed by atoms with van der Waals surface area (Å²) in [6, 6.07) is 6.57. The maximum Gasteiger partial charge on any atom is 0.342 e.